The van der Waals surface area contributed by atoms with Gasteiger partial charge >= 0.3 is 6.03 Å². The van der Waals surface area contributed by atoms with Crippen molar-refractivity contribution in [1.29, 1.82) is 0 Å². The highest BCUT2D eigenvalue weighted by molar-refractivity contribution is 7.13. The number of aromatic nitrogens is 1. The molecule has 6 nitrogen and oxygen atoms in total. The maximum atomic E-state index is 12.7. The highest BCUT2D eigenvalue weighted by Crippen LogP contribution is 2.29. The van der Waals surface area contributed by atoms with Gasteiger partial charge in [-0.05, 0) is 25.0 Å². The van der Waals surface area contributed by atoms with Crippen LogP contribution in [0.25, 0.3) is 10.6 Å². The summed E-state index contributed by atoms with van der Waals surface area (Å²) in [7, 11) is 1.62. The minimum Gasteiger partial charge on any atom is -0.497 e. The second-order valence-corrected chi connectivity index (χ2v) is 6.84. The number of ether oxygens (including phenoxy) is 1. The van der Waals surface area contributed by atoms with E-state index in [-0.39, 0.29) is 18.5 Å². The van der Waals surface area contributed by atoms with Crippen LogP contribution in [0.5, 0.6) is 5.75 Å². The molecule has 1 aliphatic heterocycles. The topological polar surface area (TPSA) is 71.5 Å². The molecule has 1 aromatic carbocycles. The lowest BCUT2D eigenvalue weighted by molar-refractivity contribution is -0.132. The fraction of sp³-hybridized carbons (Fsp3) is 0.389. The van der Waals surface area contributed by atoms with Crippen molar-refractivity contribution in [2.75, 3.05) is 7.11 Å². The van der Waals surface area contributed by atoms with E-state index in [1.807, 2.05) is 43.5 Å². The number of nitrogens with one attached hydrogen (secondary N) is 1. The summed E-state index contributed by atoms with van der Waals surface area (Å²) >= 11 is 1.48. The zero-order valence-electron chi connectivity index (χ0n) is 14.5. The minimum atomic E-state index is -0.775. The summed E-state index contributed by atoms with van der Waals surface area (Å²) in [6, 6.07) is 7.31. The van der Waals surface area contributed by atoms with Gasteiger partial charge in [0.05, 0.1) is 19.3 Å². The van der Waals surface area contributed by atoms with E-state index in [0.717, 1.165) is 16.3 Å². The van der Waals surface area contributed by atoms with E-state index in [4.69, 9.17) is 4.74 Å². The van der Waals surface area contributed by atoms with E-state index in [9.17, 15) is 9.59 Å². The number of urea groups is 1. The molecule has 0 unspecified atom stereocenters. The van der Waals surface area contributed by atoms with Crippen LogP contribution in [0, 0.1) is 0 Å². The Morgan fingerprint density at radius 2 is 2.04 bits per heavy atom. The van der Waals surface area contributed by atoms with Gasteiger partial charge in [-0.2, -0.15) is 0 Å². The number of rotatable bonds is 6. The van der Waals surface area contributed by atoms with Gasteiger partial charge in [0, 0.05) is 10.9 Å². The van der Waals surface area contributed by atoms with Crippen LogP contribution in [0.2, 0.25) is 0 Å². The third kappa shape index (κ3) is 3.11. The first-order valence-corrected chi connectivity index (χ1v) is 9.14. The highest BCUT2D eigenvalue weighted by Gasteiger charge is 2.48. The normalized spacial score (nSPS) is 16.2. The van der Waals surface area contributed by atoms with Gasteiger partial charge in [0.1, 0.15) is 16.3 Å². The predicted octanol–water partition coefficient (Wildman–Crippen LogP) is 3.43. The number of thiazole rings is 1. The Balaban J connectivity index is 1.80. The van der Waals surface area contributed by atoms with Gasteiger partial charge in [0.15, 0.2) is 0 Å². The lowest BCUT2D eigenvalue weighted by atomic mass is 9.93. The van der Waals surface area contributed by atoms with E-state index in [1.54, 1.807) is 7.11 Å². The molecule has 3 amide bonds. The van der Waals surface area contributed by atoms with Crippen LogP contribution >= 0.6 is 11.3 Å². The Morgan fingerprint density at radius 1 is 1.28 bits per heavy atom. The molecular weight excluding hydrogens is 338 g/mol. The highest BCUT2D eigenvalue weighted by atomic mass is 32.1. The number of hydrogen-bond acceptors (Lipinski definition) is 5. The zero-order chi connectivity index (χ0) is 18.0. The Hall–Kier alpha value is -2.41. The maximum absolute atomic E-state index is 12.7. The molecule has 1 aromatic heterocycles. The molecule has 1 N–H and O–H groups in total. The fourth-order valence-electron chi connectivity index (χ4n) is 2.98. The van der Waals surface area contributed by atoms with Crippen molar-refractivity contribution < 1.29 is 14.3 Å². The van der Waals surface area contributed by atoms with Crippen LogP contribution in [0.4, 0.5) is 4.79 Å². The Morgan fingerprint density at radius 3 is 2.68 bits per heavy atom. The van der Waals surface area contributed by atoms with E-state index < -0.39 is 5.54 Å². The third-order valence-corrected chi connectivity index (χ3v) is 5.58. The second-order valence-electron chi connectivity index (χ2n) is 5.99. The molecule has 1 aliphatic rings. The van der Waals surface area contributed by atoms with Crippen LogP contribution in [0.1, 0.15) is 32.4 Å². The summed E-state index contributed by atoms with van der Waals surface area (Å²) in [6.45, 7) is 4.01. The first kappa shape index (κ1) is 17.4. The summed E-state index contributed by atoms with van der Waals surface area (Å²) in [5, 5.41) is 5.55. The number of nitrogens with zero attached hydrogens (tertiary/aromatic N) is 2. The summed E-state index contributed by atoms with van der Waals surface area (Å²) in [5.74, 6) is 0.595. The monoisotopic (exact) mass is 359 g/mol. The van der Waals surface area contributed by atoms with Crippen molar-refractivity contribution in [3.05, 3.63) is 35.3 Å². The van der Waals surface area contributed by atoms with Crippen LogP contribution in [0.3, 0.4) is 0 Å². The standard InChI is InChI=1S/C18H21N3O3S/c1-4-18(5-2)16(22)21(17(23)20-18)10-13-11-25-15(19-13)12-7-6-8-14(9-12)24-3/h6-9,11H,4-5,10H2,1-3H3,(H,20,23). The van der Waals surface area contributed by atoms with Gasteiger partial charge in [-0.15, -0.1) is 11.3 Å². The van der Waals surface area contributed by atoms with E-state index in [0.29, 0.717) is 18.5 Å². The predicted molar refractivity (Wildman–Crippen MR) is 96.5 cm³/mol. The van der Waals surface area contributed by atoms with Crippen LogP contribution in [-0.4, -0.2) is 34.5 Å². The van der Waals surface area contributed by atoms with Gasteiger partial charge in [-0.25, -0.2) is 9.78 Å². The van der Waals surface area contributed by atoms with Crippen LogP contribution in [0.15, 0.2) is 29.6 Å². The van der Waals surface area contributed by atoms with E-state index in [1.165, 1.54) is 16.2 Å². The van der Waals surface area contributed by atoms with Gasteiger partial charge in [-0.1, -0.05) is 26.0 Å². The Labute approximate surface area is 150 Å². The summed E-state index contributed by atoms with van der Waals surface area (Å²) < 4.78 is 5.24. The summed E-state index contributed by atoms with van der Waals surface area (Å²) in [4.78, 5) is 30.7. The minimum absolute atomic E-state index is 0.168. The van der Waals surface area contributed by atoms with E-state index >= 15 is 0 Å². The molecule has 2 heterocycles. The summed E-state index contributed by atoms with van der Waals surface area (Å²) in [5.41, 5.74) is 0.876. The third-order valence-electron chi connectivity index (χ3n) is 4.64. The molecule has 0 radical (unpaired) electrons. The number of imide groups is 1. The molecule has 0 spiro atoms. The lowest BCUT2D eigenvalue weighted by Crippen LogP contribution is -2.45. The van der Waals surface area contributed by atoms with Gasteiger partial charge < -0.3 is 10.1 Å². The van der Waals surface area contributed by atoms with Crippen molar-refractivity contribution in [2.45, 2.75) is 38.8 Å². The molecule has 0 atom stereocenters. The van der Waals surface area contributed by atoms with Crippen molar-refractivity contribution >= 4 is 23.3 Å². The first-order chi connectivity index (χ1) is 12.0. The molecule has 7 heteroatoms. The molecule has 132 valence electrons. The zero-order valence-corrected chi connectivity index (χ0v) is 15.4. The largest absolute Gasteiger partial charge is 0.497 e. The molecule has 25 heavy (non-hydrogen) atoms. The molecular formula is C18H21N3O3S. The molecule has 1 fully saturated rings. The number of hydrogen-bond donors (Lipinski definition) is 1. The van der Waals surface area contributed by atoms with Crippen molar-refractivity contribution in [3.8, 4) is 16.3 Å². The van der Waals surface area contributed by atoms with Gasteiger partial charge in [0.2, 0.25) is 0 Å². The molecule has 3 rings (SSSR count). The number of methoxy groups -OCH3 is 1. The van der Waals surface area contributed by atoms with Gasteiger partial charge in [0.25, 0.3) is 5.91 Å². The number of carbonyl (C=O) groups is 2. The van der Waals surface area contributed by atoms with Gasteiger partial charge in [-0.3, -0.25) is 9.69 Å². The fourth-order valence-corrected chi connectivity index (χ4v) is 3.79. The van der Waals surface area contributed by atoms with Crippen LogP contribution < -0.4 is 10.1 Å². The first-order valence-electron chi connectivity index (χ1n) is 8.26. The van der Waals surface area contributed by atoms with Crippen LogP contribution in [-0.2, 0) is 11.3 Å². The number of amides is 3. The molecule has 0 saturated carbocycles. The number of benzene rings is 1. The Bertz CT molecular complexity index is 798. The molecule has 0 bridgehead atoms. The van der Waals surface area contributed by atoms with Crippen molar-refractivity contribution in [1.82, 2.24) is 15.2 Å². The molecule has 0 aliphatic carbocycles. The smallest absolute Gasteiger partial charge is 0.325 e. The Kier molecular flexibility index (Phi) is 4.76. The quantitative estimate of drug-likeness (QED) is 0.802. The van der Waals surface area contributed by atoms with E-state index in [2.05, 4.69) is 10.3 Å². The lowest BCUT2D eigenvalue weighted by Gasteiger charge is -2.22. The average Bonchev–Trinajstić information content (AvgIpc) is 3.20. The molecule has 2 aromatic rings. The SMILES string of the molecule is CCC1(CC)NC(=O)N(Cc2csc(-c3cccc(OC)c3)n2)C1=O. The summed E-state index contributed by atoms with van der Waals surface area (Å²) in [6.07, 6.45) is 1.16. The second kappa shape index (κ2) is 6.84. The molecule has 1 saturated heterocycles. The van der Waals surface area contributed by atoms with Crippen molar-refractivity contribution in [2.24, 2.45) is 0 Å². The average molecular weight is 359 g/mol. The number of carbonyl (C=O) groups excluding carboxylic acids is 2. The van der Waals surface area contributed by atoms with Crippen molar-refractivity contribution in [3.63, 3.8) is 0 Å². The maximum Gasteiger partial charge on any atom is 0.325 e.